The average molecular weight is 525 g/mol. The number of hydrogen-bond donors (Lipinski definition) is 1. The number of Topliss-reactive ketones (excluding diaryl/α,β-unsaturated/α-hetero) is 1. The van der Waals surface area contributed by atoms with Crippen molar-refractivity contribution in [3.05, 3.63) is 80.3 Å². The second-order valence-electron chi connectivity index (χ2n) is 8.58. The van der Waals surface area contributed by atoms with Gasteiger partial charge in [0.05, 0.1) is 24.4 Å². The second-order valence-corrected chi connectivity index (χ2v) is 10.00. The molecule has 1 amide bonds. The molecule has 3 heterocycles. The van der Waals surface area contributed by atoms with Gasteiger partial charge in [-0.2, -0.15) is 0 Å². The SMILES string of the molecule is COC(=O)c1sc(N2C(=O)C(=O)C(=C(O)c3ccc4c(c3)C[C@@H](C)O4)[C@@H]2c2cccc(Cl)c2)nc1C. The van der Waals surface area contributed by atoms with Gasteiger partial charge >= 0.3 is 11.9 Å². The summed E-state index contributed by atoms with van der Waals surface area (Å²) < 4.78 is 10.6. The Labute approximate surface area is 215 Å². The maximum Gasteiger partial charge on any atom is 0.350 e. The minimum atomic E-state index is -1.01. The molecular formula is C26H21ClN2O6S. The second kappa shape index (κ2) is 9.07. The molecule has 3 aromatic rings. The van der Waals surface area contributed by atoms with Crippen LogP contribution in [0.15, 0.2) is 48.0 Å². The highest BCUT2D eigenvalue weighted by Gasteiger charge is 2.48. The number of methoxy groups -OCH3 is 1. The minimum Gasteiger partial charge on any atom is -0.507 e. The summed E-state index contributed by atoms with van der Waals surface area (Å²) in [5.41, 5.74) is 2.07. The molecule has 2 atom stereocenters. The Bertz CT molecular complexity index is 1460. The summed E-state index contributed by atoms with van der Waals surface area (Å²) in [7, 11) is 1.25. The predicted molar refractivity (Wildman–Crippen MR) is 135 cm³/mol. The van der Waals surface area contributed by atoms with Gasteiger partial charge in [-0.3, -0.25) is 14.5 Å². The van der Waals surface area contributed by atoms with E-state index in [0.717, 1.165) is 22.6 Å². The molecule has 2 aliphatic rings. The van der Waals surface area contributed by atoms with E-state index in [2.05, 4.69) is 4.98 Å². The topological polar surface area (TPSA) is 106 Å². The molecule has 2 aromatic carbocycles. The first kappa shape index (κ1) is 24.0. The lowest BCUT2D eigenvalue weighted by atomic mass is 9.94. The molecule has 8 nitrogen and oxygen atoms in total. The number of anilines is 1. The summed E-state index contributed by atoms with van der Waals surface area (Å²) in [5, 5.41) is 11.9. The van der Waals surface area contributed by atoms with Gasteiger partial charge in [-0.1, -0.05) is 35.1 Å². The van der Waals surface area contributed by atoms with E-state index in [4.69, 9.17) is 21.1 Å². The molecule has 0 aliphatic carbocycles. The van der Waals surface area contributed by atoms with Crippen LogP contribution >= 0.6 is 22.9 Å². The third-order valence-electron chi connectivity index (χ3n) is 6.14. The highest BCUT2D eigenvalue weighted by molar-refractivity contribution is 7.17. The van der Waals surface area contributed by atoms with Gasteiger partial charge in [0, 0.05) is 17.0 Å². The van der Waals surface area contributed by atoms with E-state index in [0.29, 0.717) is 28.3 Å². The zero-order chi connectivity index (χ0) is 25.7. The summed E-state index contributed by atoms with van der Waals surface area (Å²) in [6.45, 7) is 3.56. The summed E-state index contributed by atoms with van der Waals surface area (Å²) >= 11 is 7.18. The van der Waals surface area contributed by atoms with Crippen LogP contribution in [0.5, 0.6) is 5.75 Å². The molecule has 0 radical (unpaired) electrons. The first-order valence-electron chi connectivity index (χ1n) is 11.1. The number of rotatable bonds is 4. The highest BCUT2D eigenvalue weighted by atomic mass is 35.5. The number of fused-ring (bicyclic) bond motifs is 1. The highest BCUT2D eigenvalue weighted by Crippen LogP contribution is 2.44. The van der Waals surface area contributed by atoms with E-state index in [1.807, 2.05) is 6.92 Å². The summed E-state index contributed by atoms with van der Waals surface area (Å²) in [6, 6.07) is 10.8. The van der Waals surface area contributed by atoms with E-state index in [1.165, 1.54) is 12.0 Å². The number of hydrogen-bond acceptors (Lipinski definition) is 8. The first-order valence-corrected chi connectivity index (χ1v) is 12.3. The first-order chi connectivity index (χ1) is 17.2. The molecule has 1 N–H and O–H groups in total. The number of aryl methyl sites for hydroxylation is 1. The lowest BCUT2D eigenvalue weighted by Gasteiger charge is -2.23. The number of nitrogens with zero attached hydrogens (tertiary/aromatic N) is 2. The Morgan fingerprint density at radius 1 is 1.25 bits per heavy atom. The van der Waals surface area contributed by atoms with Crippen LogP contribution in [-0.4, -0.2) is 41.0 Å². The standard InChI is InChI=1S/C26H21ClN2O6S/c1-12-9-16-10-15(7-8-18(16)35-12)21(30)19-20(14-5-4-6-17(27)11-14)29(24(32)22(19)31)26-28-13(2)23(36-26)25(33)34-3/h4-8,10-12,20,30H,9H2,1-3H3/t12-,20+/m1/s1. The minimum absolute atomic E-state index is 0.00610. The van der Waals surface area contributed by atoms with Crippen LogP contribution in [0.1, 0.15) is 45.0 Å². The Hall–Kier alpha value is -3.69. The van der Waals surface area contributed by atoms with Crippen LogP contribution in [0, 0.1) is 6.92 Å². The van der Waals surface area contributed by atoms with Gasteiger partial charge in [-0.25, -0.2) is 9.78 Å². The average Bonchev–Trinajstić information content (AvgIpc) is 3.50. The van der Waals surface area contributed by atoms with Gasteiger partial charge < -0.3 is 14.6 Å². The maximum atomic E-state index is 13.4. The van der Waals surface area contributed by atoms with E-state index in [9.17, 15) is 19.5 Å². The number of carbonyl (C=O) groups is 3. The molecule has 184 valence electrons. The Kier molecular flexibility index (Phi) is 6.05. The van der Waals surface area contributed by atoms with Crippen LogP contribution in [-0.2, 0) is 20.7 Å². The number of amides is 1. The smallest absolute Gasteiger partial charge is 0.350 e. The van der Waals surface area contributed by atoms with Crippen molar-refractivity contribution in [2.24, 2.45) is 0 Å². The van der Waals surface area contributed by atoms with Gasteiger partial charge in [0.1, 0.15) is 22.5 Å². The largest absolute Gasteiger partial charge is 0.507 e. The van der Waals surface area contributed by atoms with E-state index >= 15 is 0 Å². The van der Waals surface area contributed by atoms with Crippen molar-refractivity contribution in [1.82, 2.24) is 4.98 Å². The van der Waals surface area contributed by atoms with Gasteiger partial charge in [-0.15, -0.1) is 0 Å². The number of ketones is 1. The number of aliphatic hydroxyl groups excluding tert-OH is 1. The van der Waals surface area contributed by atoms with Crippen molar-refractivity contribution in [3.8, 4) is 5.75 Å². The lowest BCUT2D eigenvalue weighted by Crippen LogP contribution is -2.29. The third kappa shape index (κ3) is 3.94. The molecule has 1 aromatic heterocycles. The fourth-order valence-electron chi connectivity index (χ4n) is 4.51. The molecule has 2 aliphatic heterocycles. The van der Waals surface area contributed by atoms with Crippen LogP contribution in [0.3, 0.4) is 0 Å². The molecular weight excluding hydrogens is 504 g/mol. The molecule has 5 rings (SSSR count). The fraction of sp³-hybridized carbons (Fsp3) is 0.231. The van der Waals surface area contributed by atoms with Crippen molar-refractivity contribution in [1.29, 1.82) is 0 Å². The summed E-state index contributed by atoms with van der Waals surface area (Å²) in [6.07, 6.45) is 0.670. The Balaban J connectivity index is 1.69. The van der Waals surface area contributed by atoms with Crippen molar-refractivity contribution < 1.29 is 29.0 Å². The molecule has 0 unspecified atom stereocenters. The van der Waals surface area contributed by atoms with E-state index < -0.39 is 23.7 Å². The number of ether oxygens (including phenoxy) is 2. The van der Waals surface area contributed by atoms with Gasteiger partial charge in [-0.05, 0) is 55.3 Å². The molecule has 0 spiro atoms. The molecule has 1 fully saturated rings. The molecule has 0 bridgehead atoms. The zero-order valence-corrected chi connectivity index (χ0v) is 21.1. The van der Waals surface area contributed by atoms with Gasteiger partial charge in [0.15, 0.2) is 5.13 Å². The van der Waals surface area contributed by atoms with Crippen molar-refractivity contribution in [3.63, 3.8) is 0 Å². The normalized spacial score (nSPS) is 20.4. The predicted octanol–water partition coefficient (Wildman–Crippen LogP) is 4.84. The summed E-state index contributed by atoms with van der Waals surface area (Å²) in [5.74, 6) is -1.93. The molecule has 36 heavy (non-hydrogen) atoms. The molecule has 10 heteroatoms. The van der Waals surface area contributed by atoms with Gasteiger partial charge in [0.25, 0.3) is 5.78 Å². The van der Waals surface area contributed by atoms with Crippen LogP contribution < -0.4 is 9.64 Å². The monoisotopic (exact) mass is 524 g/mol. The number of esters is 1. The van der Waals surface area contributed by atoms with Crippen molar-refractivity contribution >= 4 is 51.5 Å². The van der Waals surface area contributed by atoms with Crippen LogP contribution in [0.4, 0.5) is 5.13 Å². The number of aromatic nitrogens is 1. The zero-order valence-electron chi connectivity index (χ0n) is 19.6. The number of aliphatic hydroxyl groups is 1. The number of thiazole rings is 1. The third-order valence-corrected chi connectivity index (χ3v) is 7.51. The lowest BCUT2D eigenvalue weighted by molar-refractivity contribution is -0.132. The van der Waals surface area contributed by atoms with Gasteiger partial charge in [0.2, 0.25) is 0 Å². The maximum absolute atomic E-state index is 13.4. The van der Waals surface area contributed by atoms with E-state index in [1.54, 1.807) is 49.4 Å². The Morgan fingerprint density at radius 3 is 2.75 bits per heavy atom. The fourth-order valence-corrected chi connectivity index (χ4v) is 5.72. The van der Waals surface area contributed by atoms with Crippen molar-refractivity contribution in [2.75, 3.05) is 12.0 Å². The molecule has 1 saturated heterocycles. The van der Waals surface area contributed by atoms with Crippen LogP contribution in [0.2, 0.25) is 5.02 Å². The number of carbonyl (C=O) groups excluding carboxylic acids is 3. The number of benzene rings is 2. The summed E-state index contributed by atoms with van der Waals surface area (Å²) in [4.78, 5) is 44.7. The quantitative estimate of drug-likeness (QED) is 0.225. The van der Waals surface area contributed by atoms with Crippen molar-refractivity contribution in [2.45, 2.75) is 32.4 Å². The van der Waals surface area contributed by atoms with E-state index in [-0.39, 0.29) is 27.4 Å². The molecule has 0 saturated carbocycles. The number of halogens is 1. The van der Waals surface area contributed by atoms with Crippen LogP contribution in [0.25, 0.3) is 5.76 Å². The Morgan fingerprint density at radius 2 is 2.03 bits per heavy atom.